The molecular weight excluding hydrogens is 342 g/mol. The van der Waals surface area contributed by atoms with Crippen molar-refractivity contribution in [2.75, 3.05) is 20.8 Å². The highest BCUT2D eigenvalue weighted by atomic mass is 16.5. The number of rotatable bonds is 6. The van der Waals surface area contributed by atoms with Crippen LogP contribution < -0.4 is 5.32 Å². The molecule has 4 unspecified atom stereocenters. The molecule has 0 aromatic carbocycles. The van der Waals surface area contributed by atoms with Crippen LogP contribution in [0, 0.1) is 17.8 Å². The van der Waals surface area contributed by atoms with Crippen molar-refractivity contribution in [1.82, 2.24) is 5.32 Å². The minimum absolute atomic E-state index is 0.0433. The van der Waals surface area contributed by atoms with Crippen molar-refractivity contribution in [3.63, 3.8) is 0 Å². The summed E-state index contributed by atoms with van der Waals surface area (Å²) in [6.07, 6.45) is 13.6. The zero-order valence-corrected chi connectivity index (χ0v) is 16.9. The molecule has 27 heavy (non-hydrogen) atoms. The van der Waals surface area contributed by atoms with E-state index in [9.17, 15) is 4.79 Å². The molecule has 0 bridgehead atoms. The molecule has 0 radical (unpaired) electrons. The Labute approximate surface area is 163 Å². The van der Waals surface area contributed by atoms with Crippen LogP contribution in [0.5, 0.6) is 0 Å². The summed E-state index contributed by atoms with van der Waals surface area (Å²) < 4.78 is 11.3. The Kier molecular flexibility index (Phi) is 7.82. The molecule has 1 heterocycles. The number of carbonyl (C=O) groups is 1. The number of amides is 1. The minimum Gasteiger partial charge on any atom is -0.379 e. The Balaban J connectivity index is 1.45. The van der Waals surface area contributed by atoms with E-state index in [-0.39, 0.29) is 24.0 Å². The fourth-order valence-electron chi connectivity index (χ4n) is 4.96. The molecule has 2 aliphatic carbocycles. The van der Waals surface area contributed by atoms with Crippen LogP contribution in [0.4, 0.5) is 0 Å². The monoisotopic (exact) mass is 377 g/mol. The largest absolute Gasteiger partial charge is 0.379 e. The molecular formula is C21H35N3O3. The van der Waals surface area contributed by atoms with E-state index in [2.05, 4.69) is 15.3 Å². The molecule has 0 saturated heterocycles. The van der Waals surface area contributed by atoms with Crippen LogP contribution in [-0.4, -0.2) is 51.1 Å². The maximum Gasteiger partial charge on any atom is 0.226 e. The van der Waals surface area contributed by atoms with Gasteiger partial charge in [0.05, 0.1) is 18.8 Å². The molecule has 0 spiro atoms. The van der Waals surface area contributed by atoms with E-state index < -0.39 is 0 Å². The number of ether oxygens (including phenoxy) is 2. The van der Waals surface area contributed by atoms with Crippen LogP contribution >= 0.6 is 0 Å². The van der Waals surface area contributed by atoms with Gasteiger partial charge in [-0.05, 0) is 31.1 Å². The van der Waals surface area contributed by atoms with Gasteiger partial charge in [0.15, 0.2) is 0 Å². The number of hydrogen-bond acceptors (Lipinski definition) is 5. The second kappa shape index (κ2) is 10.3. The van der Waals surface area contributed by atoms with Crippen molar-refractivity contribution in [2.45, 2.75) is 76.4 Å². The predicted octanol–water partition coefficient (Wildman–Crippen LogP) is 3.35. The first-order valence-electron chi connectivity index (χ1n) is 10.7. The summed E-state index contributed by atoms with van der Waals surface area (Å²) >= 11 is 0. The van der Waals surface area contributed by atoms with E-state index >= 15 is 0 Å². The lowest BCUT2D eigenvalue weighted by Gasteiger charge is -2.39. The standard InChI is InChI=1S/C21H35N3O3/c1-26-18-10-6-9-17(20(18)27-2)16-13-22-21(23-14-16)24-19(25)12-11-15-7-4-3-5-8-15/h13,15-18,20H,3-12,14H2,1-2H3,(H,23,24,25). The number of nitrogens with one attached hydrogen (secondary N) is 1. The third-order valence-electron chi connectivity index (χ3n) is 6.54. The average molecular weight is 378 g/mol. The number of hydrogen-bond donors (Lipinski definition) is 1. The summed E-state index contributed by atoms with van der Waals surface area (Å²) in [5, 5.41) is 2.88. The van der Waals surface area contributed by atoms with E-state index in [1.54, 1.807) is 14.2 Å². The van der Waals surface area contributed by atoms with Crippen LogP contribution in [0.1, 0.15) is 64.2 Å². The molecule has 2 fully saturated rings. The van der Waals surface area contributed by atoms with Gasteiger partial charge in [-0.3, -0.25) is 15.1 Å². The van der Waals surface area contributed by atoms with Gasteiger partial charge in [-0.2, -0.15) is 0 Å². The van der Waals surface area contributed by atoms with Gasteiger partial charge in [0.1, 0.15) is 0 Å². The van der Waals surface area contributed by atoms with Crippen molar-refractivity contribution < 1.29 is 14.3 Å². The predicted molar refractivity (Wildman–Crippen MR) is 107 cm³/mol. The minimum atomic E-state index is 0.0433. The fourth-order valence-corrected chi connectivity index (χ4v) is 4.96. The molecule has 6 nitrogen and oxygen atoms in total. The molecule has 1 aliphatic heterocycles. The van der Waals surface area contributed by atoms with Gasteiger partial charge >= 0.3 is 0 Å². The highest BCUT2D eigenvalue weighted by molar-refractivity contribution is 6.01. The van der Waals surface area contributed by atoms with Crippen molar-refractivity contribution in [3.05, 3.63) is 0 Å². The van der Waals surface area contributed by atoms with Gasteiger partial charge in [0.2, 0.25) is 11.9 Å². The first-order chi connectivity index (χ1) is 13.2. The first kappa shape index (κ1) is 20.5. The topological polar surface area (TPSA) is 72.3 Å². The summed E-state index contributed by atoms with van der Waals surface area (Å²) in [4.78, 5) is 21.2. The van der Waals surface area contributed by atoms with Gasteiger partial charge in [-0.15, -0.1) is 0 Å². The number of guanidine groups is 1. The van der Waals surface area contributed by atoms with Crippen LogP contribution in [0.15, 0.2) is 9.98 Å². The first-order valence-corrected chi connectivity index (χ1v) is 10.7. The molecule has 6 heteroatoms. The number of methoxy groups -OCH3 is 2. The van der Waals surface area contributed by atoms with E-state index in [0.29, 0.717) is 24.8 Å². The molecule has 0 aromatic heterocycles. The van der Waals surface area contributed by atoms with Crippen LogP contribution in [0.25, 0.3) is 0 Å². The van der Waals surface area contributed by atoms with Gasteiger partial charge in [0, 0.05) is 32.8 Å². The third-order valence-corrected chi connectivity index (χ3v) is 6.54. The van der Waals surface area contributed by atoms with Crippen molar-refractivity contribution in [3.8, 4) is 0 Å². The molecule has 0 aromatic rings. The van der Waals surface area contributed by atoms with Crippen molar-refractivity contribution in [2.24, 2.45) is 27.7 Å². The lowest BCUT2D eigenvalue weighted by molar-refractivity contribution is -0.120. The lowest BCUT2D eigenvalue weighted by atomic mass is 9.76. The summed E-state index contributed by atoms with van der Waals surface area (Å²) in [5.41, 5.74) is 0. The van der Waals surface area contributed by atoms with E-state index in [1.807, 2.05) is 6.21 Å². The maximum absolute atomic E-state index is 12.2. The Hall–Kier alpha value is -1.27. The third kappa shape index (κ3) is 5.61. The second-order valence-corrected chi connectivity index (χ2v) is 8.27. The van der Waals surface area contributed by atoms with Gasteiger partial charge in [0.25, 0.3) is 0 Å². The van der Waals surface area contributed by atoms with Crippen molar-refractivity contribution >= 4 is 18.1 Å². The number of carbonyl (C=O) groups excluding carboxylic acids is 1. The normalized spacial score (nSPS) is 32.1. The quantitative estimate of drug-likeness (QED) is 0.771. The second-order valence-electron chi connectivity index (χ2n) is 8.27. The molecule has 1 amide bonds. The number of nitrogens with zero attached hydrogens (tertiary/aromatic N) is 2. The van der Waals surface area contributed by atoms with E-state index in [1.165, 1.54) is 32.1 Å². The zero-order chi connectivity index (χ0) is 19.1. The molecule has 4 atom stereocenters. The average Bonchev–Trinajstić information content (AvgIpc) is 2.73. The molecule has 152 valence electrons. The molecule has 3 aliphatic rings. The van der Waals surface area contributed by atoms with Gasteiger partial charge < -0.3 is 9.47 Å². The smallest absolute Gasteiger partial charge is 0.226 e. The Morgan fingerprint density at radius 2 is 1.93 bits per heavy atom. The molecule has 1 N–H and O–H groups in total. The highest BCUT2D eigenvalue weighted by Gasteiger charge is 2.38. The van der Waals surface area contributed by atoms with E-state index in [4.69, 9.17) is 9.47 Å². The lowest BCUT2D eigenvalue weighted by Crippen LogP contribution is -2.45. The van der Waals surface area contributed by atoms with Gasteiger partial charge in [-0.25, -0.2) is 4.99 Å². The van der Waals surface area contributed by atoms with Gasteiger partial charge in [-0.1, -0.05) is 38.5 Å². The summed E-state index contributed by atoms with van der Waals surface area (Å²) in [6, 6.07) is 0. The highest BCUT2D eigenvalue weighted by Crippen LogP contribution is 2.34. The Morgan fingerprint density at radius 3 is 2.59 bits per heavy atom. The Bertz CT molecular complexity index is 543. The zero-order valence-electron chi connectivity index (χ0n) is 16.9. The fraction of sp³-hybridized carbons (Fsp3) is 0.857. The SMILES string of the molecule is COC1CCCC(C2C=NC(NC(=O)CCC3CCCCC3)=NC2)C1OC. The summed E-state index contributed by atoms with van der Waals surface area (Å²) in [5.74, 6) is 1.84. The van der Waals surface area contributed by atoms with Crippen LogP contribution in [-0.2, 0) is 14.3 Å². The molecule has 3 rings (SSSR count). The number of aliphatic imine (C=N–C) groups is 2. The molecule has 2 saturated carbocycles. The van der Waals surface area contributed by atoms with E-state index in [0.717, 1.165) is 31.6 Å². The van der Waals surface area contributed by atoms with Crippen LogP contribution in [0.3, 0.4) is 0 Å². The Morgan fingerprint density at radius 1 is 1.11 bits per heavy atom. The van der Waals surface area contributed by atoms with Crippen molar-refractivity contribution in [1.29, 1.82) is 0 Å². The summed E-state index contributed by atoms with van der Waals surface area (Å²) in [6.45, 7) is 0.655. The van der Waals surface area contributed by atoms with Crippen LogP contribution in [0.2, 0.25) is 0 Å². The maximum atomic E-state index is 12.2. The summed E-state index contributed by atoms with van der Waals surface area (Å²) in [7, 11) is 3.52.